The lowest BCUT2D eigenvalue weighted by Gasteiger charge is -2.21. The quantitative estimate of drug-likeness (QED) is 0.201. The summed E-state index contributed by atoms with van der Waals surface area (Å²) in [7, 11) is 0.631. The van der Waals surface area contributed by atoms with Gasteiger partial charge in [-0.05, 0) is 65.8 Å². The smallest absolute Gasteiger partial charge is 0.465 e. The Hall–Kier alpha value is -4.62. The molecular formula is C30H35BN2O10. The van der Waals surface area contributed by atoms with E-state index >= 15 is 0 Å². The van der Waals surface area contributed by atoms with Crippen LogP contribution in [0.2, 0.25) is 0 Å². The summed E-state index contributed by atoms with van der Waals surface area (Å²) in [5.74, 6) is -1.13. The van der Waals surface area contributed by atoms with E-state index in [0.29, 0.717) is 16.5 Å². The minimum Gasteiger partial charge on any atom is -0.465 e. The molecule has 13 heteroatoms. The van der Waals surface area contributed by atoms with Gasteiger partial charge in [-0.25, -0.2) is 19.2 Å². The number of aromatic nitrogens is 2. The largest absolute Gasteiger partial charge is 0.506 e. The molecule has 0 atom stereocenters. The summed E-state index contributed by atoms with van der Waals surface area (Å²) in [5.41, 5.74) is -0.320. The average Bonchev–Trinajstić information content (AvgIpc) is 3.53. The third kappa shape index (κ3) is 7.62. The fourth-order valence-corrected chi connectivity index (χ4v) is 4.18. The van der Waals surface area contributed by atoms with E-state index in [-0.39, 0.29) is 16.7 Å². The highest BCUT2D eigenvalue weighted by molar-refractivity contribution is 6.59. The fraction of sp³-hybridized carbons (Fsp3) is 0.333. The summed E-state index contributed by atoms with van der Waals surface area (Å²) < 4.78 is 22.4. The van der Waals surface area contributed by atoms with Crippen molar-refractivity contribution in [1.29, 1.82) is 0 Å². The van der Waals surface area contributed by atoms with E-state index in [4.69, 9.17) is 18.9 Å². The second-order valence-corrected chi connectivity index (χ2v) is 11.4. The number of benzene rings is 2. The Morgan fingerprint density at radius 2 is 1.19 bits per heavy atom. The molecule has 0 aliphatic carbocycles. The number of hydrogen-bond donors (Lipinski definition) is 2. The van der Waals surface area contributed by atoms with Gasteiger partial charge in [-0.1, -0.05) is 24.3 Å². The zero-order valence-corrected chi connectivity index (χ0v) is 25.3. The maximum atomic E-state index is 12.5. The highest BCUT2D eigenvalue weighted by atomic mass is 16.6. The Morgan fingerprint density at radius 3 is 1.67 bits per heavy atom. The summed E-state index contributed by atoms with van der Waals surface area (Å²) in [5, 5.41) is 20.4. The van der Waals surface area contributed by atoms with E-state index in [2.05, 4.69) is 0 Å². The number of methoxy groups -OCH3 is 2. The SMILES string of the molecule is COC(=O)c1cccc2cc(B(O)O)n(C(=O)OC(C)(C)C)c12.COC(=O)c1cccc2ccn(C(=O)OC(C)(C)C)c12. The highest BCUT2D eigenvalue weighted by Crippen LogP contribution is 2.24. The third-order valence-corrected chi connectivity index (χ3v) is 5.81. The molecule has 43 heavy (non-hydrogen) atoms. The van der Waals surface area contributed by atoms with E-state index in [1.165, 1.54) is 30.9 Å². The molecule has 4 aromatic rings. The van der Waals surface area contributed by atoms with Crippen molar-refractivity contribution in [2.45, 2.75) is 52.7 Å². The van der Waals surface area contributed by atoms with Crippen LogP contribution in [0.15, 0.2) is 54.7 Å². The van der Waals surface area contributed by atoms with E-state index in [0.717, 1.165) is 9.95 Å². The van der Waals surface area contributed by atoms with Crippen molar-refractivity contribution < 1.29 is 48.2 Å². The van der Waals surface area contributed by atoms with Crippen LogP contribution in [0.1, 0.15) is 62.3 Å². The first kappa shape index (κ1) is 32.9. The minimum absolute atomic E-state index is 0.0920. The van der Waals surface area contributed by atoms with E-state index in [9.17, 15) is 29.2 Å². The number of hydrogen-bond acceptors (Lipinski definition) is 10. The molecule has 0 aliphatic rings. The summed E-state index contributed by atoms with van der Waals surface area (Å²) >= 11 is 0. The van der Waals surface area contributed by atoms with Gasteiger partial charge in [0.05, 0.1) is 42.0 Å². The molecule has 2 heterocycles. The van der Waals surface area contributed by atoms with Crippen LogP contribution in [0.5, 0.6) is 0 Å². The fourth-order valence-electron chi connectivity index (χ4n) is 4.18. The van der Waals surface area contributed by atoms with Crippen molar-refractivity contribution in [1.82, 2.24) is 9.13 Å². The Morgan fingerprint density at radius 1 is 0.698 bits per heavy atom. The van der Waals surface area contributed by atoms with Crippen molar-refractivity contribution in [3.8, 4) is 0 Å². The molecule has 0 bridgehead atoms. The first-order chi connectivity index (χ1) is 20.0. The van der Waals surface area contributed by atoms with Gasteiger partial charge >= 0.3 is 31.2 Å². The van der Waals surface area contributed by atoms with Crippen LogP contribution in [0.3, 0.4) is 0 Å². The van der Waals surface area contributed by atoms with Gasteiger partial charge in [-0.15, -0.1) is 0 Å². The molecule has 2 aromatic carbocycles. The molecule has 0 radical (unpaired) electrons. The first-order valence-electron chi connectivity index (χ1n) is 13.2. The number of fused-ring (bicyclic) bond motifs is 2. The van der Waals surface area contributed by atoms with Crippen LogP contribution in [-0.4, -0.2) is 75.8 Å². The summed E-state index contributed by atoms with van der Waals surface area (Å²) in [6.07, 6.45) is 0.251. The highest BCUT2D eigenvalue weighted by Gasteiger charge is 2.29. The number of carbonyl (C=O) groups is 4. The molecule has 12 nitrogen and oxygen atoms in total. The van der Waals surface area contributed by atoms with Gasteiger partial charge in [0.1, 0.15) is 11.2 Å². The lowest BCUT2D eigenvalue weighted by Crippen LogP contribution is -2.41. The Labute approximate surface area is 248 Å². The Bertz CT molecular complexity index is 1670. The second-order valence-electron chi connectivity index (χ2n) is 11.4. The number of nitrogens with zero attached hydrogens (tertiary/aromatic N) is 2. The van der Waals surface area contributed by atoms with Gasteiger partial charge in [0.25, 0.3) is 0 Å². The van der Waals surface area contributed by atoms with Gasteiger partial charge < -0.3 is 29.0 Å². The molecule has 2 aromatic heterocycles. The van der Waals surface area contributed by atoms with Gasteiger partial charge in [0, 0.05) is 17.0 Å². The van der Waals surface area contributed by atoms with Crippen molar-refractivity contribution in [3.05, 3.63) is 65.9 Å². The van der Waals surface area contributed by atoms with E-state index in [1.54, 1.807) is 78.1 Å². The lowest BCUT2D eigenvalue weighted by molar-refractivity contribution is 0.0531. The molecular weight excluding hydrogens is 559 g/mol. The number of rotatable bonds is 3. The molecule has 0 spiro atoms. The molecule has 0 unspecified atom stereocenters. The normalized spacial score (nSPS) is 11.4. The van der Waals surface area contributed by atoms with Crippen LogP contribution in [0, 0.1) is 0 Å². The summed E-state index contributed by atoms with van der Waals surface area (Å²) in [6.45, 7) is 10.4. The van der Waals surface area contributed by atoms with Crippen molar-refractivity contribution >= 4 is 58.6 Å². The average molecular weight is 594 g/mol. The molecule has 4 rings (SSSR count). The molecule has 0 fully saturated rings. The van der Waals surface area contributed by atoms with Crippen molar-refractivity contribution in [3.63, 3.8) is 0 Å². The first-order valence-corrected chi connectivity index (χ1v) is 13.2. The predicted molar refractivity (Wildman–Crippen MR) is 160 cm³/mol. The van der Waals surface area contributed by atoms with E-state index < -0.39 is 42.4 Å². The molecule has 0 amide bonds. The zero-order valence-electron chi connectivity index (χ0n) is 25.3. The van der Waals surface area contributed by atoms with Crippen LogP contribution < -0.4 is 5.59 Å². The van der Waals surface area contributed by atoms with Crippen LogP contribution in [0.4, 0.5) is 9.59 Å². The van der Waals surface area contributed by atoms with Crippen LogP contribution >= 0.6 is 0 Å². The number of ether oxygens (including phenoxy) is 4. The summed E-state index contributed by atoms with van der Waals surface area (Å²) in [4.78, 5) is 48.4. The van der Waals surface area contributed by atoms with Crippen LogP contribution in [0.25, 0.3) is 21.8 Å². The predicted octanol–water partition coefficient (Wildman–Crippen LogP) is 4.10. The second kappa shape index (κ2) is 12.7. The third-order valence-electron chi connectivity index (χ3n) is 5.81. The molecule has 0 aliphatic heterocycles. The van der Waals surface area contributed by atoms with Gasteiger partial charge in [0.2, 0.25) is 0 Å². The Balaban J connectivity index is 0.000000238. The minimum atomic E-state index is -1.90. The maximum Gasteiger partial charge on any atom is 0.506 e. The summed E-state index contributed by atoms with van der Waals surface area (Å²) in [6, 6.07) is 13.1. The van der Waals surface area contributed by atoms with E-state index in [1.807, 2.05) is 6.07 Å². The molecule has 228 valence electrons. The zero-order chi connectivity index (χ0) is 32.3. The lowest BCUT2D eigenvalue weighted by atomic mass is 9.86. The van der Waals surface area contributed by atoms with Gasteiger partial charge in [0.15, 0.2) is 0 Å². The molecule has 0 saturated carbocycles. The number of para-hydroxylation sites is 2. The molecule has 2 N–H and O–H groups in total. The van der Waals surface area contributed by atoms with Gasteiger partial charge in [-0.3, -0.25) is 9.13 Å². The maximum absolute atomic E-state index is 12.5. The molecule has 0 saturated heterocycles. The van der Waals surface area contributed by atoms with Gasteiger partial charge in [-0.2, -0.15) is 0 Å². The van der Waals surface area contributed by atoms with Crippen LogP contribution in [-0.2, 0) is 18.9 Å². The topological polar surface area (TPSA) is 156 Å². The van der Waals surface area contributed by atoms with Crippen molar-refractivity contribution in [2.24, 2.45) is 0 Å². The van der Waals surface area contributed by atoms with Crippen molar-refractivity contribution in [2.75, 3.05) is 14.2 Å². The monoisotopic (exact) mass is 594 g/mol. The number of carbonyl (C=O) groups excluding carboxylic acids is 4. The number of esters is 2. The standard InChI is InChI=1S/C15H18BNO6.C15H17NO4/c1-15(2,3)23-14(19)17-11(16(20)21)8-9-6-5-7-10(12(9)17)13(18)22-4;1-15(2,3)20-14(18)16-9-8-10-6-5-7-11(12(10)16)13(17)19-4/h5-8,20-21H,1-4H3;5-9H,1-4H3. The Kier molecular flexibility index (Phi) is 9.73.